The quantitative estimate of drug-likeness (QED) is 0.533. The molecule has 27 heavy (non-hydrogen) atoms. The van der Waals surface area contributed by atoms with Gasteiger partial charge in [0, 0.05) is 34.1 Å². The van der Waals surface area contributed by atoms with Gasteiger partial charge in [-0.25, -0.2) is 5.43 Å². The van der Waals surface area contributed by atoms with Crippen LogP contribution in [0.25, 0.3) is 0 Å². The van der Waals surface area contributed by atoms with Gasteiger partial charge < -0.3 is 10.1 Å². The number of anilines is 1. The molecular formula is C19H19Cl2N3O3. The molecule has 0 heterocycles. The Morgan fingerprint density at radius 2 is 1.85 bits per heavy atom. The number of carbonyl (C=O) groups is 2. The first-order chi connectivity index (χ1) is 12.9. The van der Waals surface area contributed by atoms with Crippen molar-refractivity contribution in [3.8, 4) is 5.75 Å². The maximum atomic E-state index is 11.9. The highest BCUT2D eigenvalue weighted by Crippen LogP contribution is 2.21. The zero-order chi connectivity index (χ0) is 19.8. The predicted molar refractivity (Wildman–Crippen MR) is 108 cm³/mol. The summed E-state index contributed by atoms with van der Waals surface area (Å²) in [5.41, 5.74) is 4.50. The Labute approximate surface area is 167 Å². The molecule has 8 heteroatoms. The number of aryl methyl sites for hydroxylation is 1. The zero-order valence-electron chi connectivity index (χ0n) is 14.9. The zero-order valence-corrected chi connectivity index (χ0v) is 16.4. The van der Waals surface area contributed by atoms with Crippen LogP contribution in [-0.2, 0) is 9.59 Å². The van der Waals surface area contributed by atoms with Crippen molar-refractivity contribution in [2.24, 2.45) is 5.10 Å². The fourth-order valence-corrected chi connectivity index (χ4v) is 2.52. The number of hydrazone groups is 1. The summed E-state index contributed by atoms with van der Waals surface area (Å²) in [5, 5.41) is 7.65. The van der Waals surface area contributed by atoms with Gasteiger partial charge in [-0.2, -0.15) is 5.10 Å². The number of hydrogen-bond acceptors (Lipinski definition) is 4. The smallest absolute Gasteiger partial charge is 0.240 e. The van der Waals surface area contributed by atoms with E-state index in [4.69, 9.17) is 27.9 Å². The molecule has 0 atom stereocenters. The van der Waals surface area contributed by atoms with Crippen LogP contribution in [0, 0.1) is 6.92 Å². The first kappa shape index (κ1) is 20.7. The lowest BCUT2D eigenvalue weighted by molar-refractivity contribution is -0.124. The van der Waals surface area contributed by atoms with E-state index in [1.54, 1.807) is 30.3 Å². The van der Waals surface area contributed by atoms with Crippen LogP contribution in [0.15, 0.2) is 41.5 Å². The van der Waals surface area contributed by atoms with Crippen molar-refractivity contribution in [2.45, 2.75) is 19.8 Å². The lowest BCUT2D eigenvalue weighted by atomic mass is 10.2. The first-order valence-electron chi connectivity index (χ1n) is 8.10. The number of nitrogens with zero attached hydrogens (tertiary/aromatic N) is 1. The molecule has 0 aliphatic carbocycles. The number of hydrogen-bond donors (Lipinski definition) is 2. The number of benzene rings is 2. The third kappa shape index (κ3) is 6.58. The van der Waals surface area contributed by atoms with Crippen molar-refractivity contribution in [3.05, 3.63) is 57.6 Å². The topological polar surface area (TPSA) is 79.8 Å². The molecular weight excluding hydrogens is 389 g/mol. The van der Waals surface area contributed by atoms with Crippen molar-refractivity contribution < 1.29 is 14.3 Å². The van der Waals surface area contributed by atoms with Gasteiger partial charge in [-0.15, -0.1) is 0 Å². The molecule has 0 aliphatic heterocycles. The van der Waals surface area contributed by atoms with E-state index in [9.17, 15) is 9.59 Å². The average molecular weight is 408 g/mol. The van der Waals surface area contributed by atoms with Gasteiger partial charge >= 0.3 is 0 Å². The maximum Gasteiger partial charge on any atom is 0.240 e. The van der Waals surface area contributed by atoms with E-state index in [1.807, 2.05) is 13.0 Å². The van der Waals surface area contributed by atoms with Crippen LogP contribution in [0.2, 0.25) is 10.0 Å². The number of rotatable bonds is 7. The monoisotopic (exact) mass is 407 g/mol. The number of nitrogens with one attached hydrogen (secondary N) is 2. The molecule has 2 rings (SSSR count). The van der Waals surface area contributed by atoms with E-state index in [0.717, 1.165) is 5.56 Å². The van der Waals surface area contributed by atoms with Gasteiger partial charge in [0.25, 0.3) is 0 Å². The van der Waals surface area contributed by atoms with Gasteiger partial charge in [-0.3, -0.25) is 9.59 Å². The fourth-order valence-electron chi connectivity index (χ4n) is 2.16. The molecule has 6 nitrogen and oxygen atoms in total. The summed E-state index contributed by atoms with van der Waals surface area (Å²) in [7, 11) is 1.53. The number of methoxy groups -OCH3 is 1. The van der Waals surface area contributed by atoms with Crippen LogP contribution in [0.1, 0.15) is 24.0 Å². The minimum atomic E-state index is -0.385. The molecule has 2 aromatic carbocycles. The largest absolute Gasteiger partial charge is 0.496 e. The third-order valence-corrected chi connectivity index (χ3v) is 4.26. The van der Waals surface area contributed by atoms with Crippen molar-refractivity contribution in [3.63, 3.8) is 0 Å². The Bertz CT molecular complexity index is 869. The Morgan fingerprint density at radius 1 is 1.11 bits per heavy atom. The summed E-state index contributed by atoms with van der Waals surface area (Å²) in [5.74, 6) is -0.0940. The second-order valence-electron chi connectivity index (χ2n) is 5.69. The van der Waals surface area contributed by atoms with Gasteiger partial charge in [0.1, 0.15) is 5.75 Å². The number of amides is 2. The highest BCUT2D eigenvalue weighted by atomic mass is 35.5. The molecule has 0 aromatic heterocycles. The number of ether oxygens (including phenoxy) is 1. The van der Waals surface area contributed by atoms with Crippen LogP contribution in [0.3, 0.4) is 0 Å². The van der Waals surface area contributed by atoms with E-state index in [0.29, 0.717) is 27.0 Å². The number of halogens is 2. The minimum Gasteiger partial charge on any atom is -0.496 e. The Hall–Kier alpha value is -2.57. The lowest BCUT2D eigenvalue weighted by Gasteiger charge is -2.07. The molecule has 2 N–H and O–H groups in total. The van der Waals surface area contributed by atoms with Crippen LogP contribution in [0.4, 0.5) is 5.69 Å². The van der Waals surface area contributed by atoms with Gasteiger partial charge in [0.2, 0.25) is 11.8 Å². The summed E-state index contributed by atoms with van der Waals surface area (Å²) < 4.78 is 5.18. The van der Waals surface area contributed by atoms with Crippen LogP contribution in [0.5, 0.6) is 5.75 Å². The lowest BCUT2D eigenvalue weighted by Crippen LogP contribution is -2.20. The summed E-state index contributed by atoms with van der Waals surface area (Å²) in [6, 6.07) is 10.3. The molecule has 0 fully saturated rings. The minimum absolute atomic E-state index is 0.00452. The summed E-state index contributed by atoms with van der Waals surface area (Å²) in [6.45, 7) is 1.87. The third-order valence-electron chi connectivity index (χ3n) is 3.62. The average Bonchev–Trinajstić information content (AvgIpc) is 2.63. The summed E-state index contributed by atoms with van der Waals surface area (Å²) >= 11 is 11.9. The van der Waals surface area contributed by atoms with E-state index in [2.05, 4.69) is 15.8 Å². The maximum absolute atomic E-state index is 11.9. The van der Waals surface area contributed by atoms with E-state index in [-0.39, 0.29) is 24.7 Å². The second-order valence-corrected chi connectivity index (χ2v) is 6.54. The molecule has 2 amide bonds. The standard InChI is InChI=1S/C19H19Cl2N3O3/c1-12-3-5-15(10-16(12)21)23-18(25)7-8-19(26)24-22-11-13-9-14(20)4-6-17(13)27-2/h3-6,9-11H,7-8H2,1-2H3,(H,23,25)(H,24,26). The first-order valence-corrected chi connectivity index (χ1v) is 8.86. The predicted octanol–water partition coefficient (Wildman–Crippen LogP) is 4.18. The molecule has 0 saturated carbocycles. The van der Waals surface area contributed by atoms with Gasteiger partial charge in [-0.05, 0) is 42.8 Å². The van der Waals surface area contributed by atoms with Crippen molar-refractivity contribution in [2.75, 3.05) is 12.4 Å². The Balaban J connectivity index is 1.81. The normalized spacial score (nSPS) is 10.7. The molecule has 2 aromatic rings. The molecule has 0 saturated heterocycles. The SMILES string of the molecule is COc1ccc(Cl)cc1C=NNC(=O)CCC(=O)Nc1ccc(C)c(Cl)c1. The van der Waals surface area contributed by atoms with Gasteiger partial charge in [0.15, 0.2) is 0 Å². The van der Waals surface area contributed by atoms with Crippen LogP contribution < -0.4 is 15.5 Å². The highest BCUT2D eigenvalue weighted by molar-refractivity contribution is 6.31. The molecule has 0 bridgehead atoms. The van der Waals surface area contributed by atoms with E-state index < -0.39 is 0 Å². The highest BCUT2D eigenvalue weighted by Gasteiger charge is 2.08. The Morgan fingerprint density at radius 3 is 2.56 bits per heavy atom. The van der Waals surface area contributed by atoms with Crippen molar-refractivity contribution in [1.82, 2.24) is 5.43 Å². The second kappa shape index (κ2) is 9.94. The summed E-state index contributed by atoms with van der Waals surface area (Å²) in [6.07, 6.45) is 1.44. The van der Waals surface area contributed by atoms with E-state index >= 15 is 0 Å². The number of carbonyl (C=O) groups excluding carboxylic acids is 2. The molecule has 0 aliphatic rings. The molecule has 0 unspecified atom stereocenters. The fraction of sp³-hybridized carbons (Fsp3) is 0.211. The molecule has 0 spiro atoms. The van der Waals surface area contributed by atoms with Crippen LogP contribution in [-0.4, -0.2) is 25.1 Å². The summed E-state index contributed by atoms with van der Waals surface area (Å²) in [4.78, 5) is 23.8. The van der Waals surface area contributed by atoms with Gasteiger partial charge in [-0.1, -0.05) is 29.3 Å². The van der Waals surface area contributed by atoms with Crippen molar-refractivity contribution in [1.29, 1.82) is 0 Å². The van der Waals surface area contributed by atoms with E-state index in [1.165, 1.54) is 13.3 Å². The van der Waals surface area contributed by atoms with Gasteiger partial charge in [0.05, 0.1) is 13.3 Å². The Kier molecular flexibility index (Phi) is 7.64. The van der Waals surface area contributed by atoms with Crippen molar-refractivity contribution >= 4 is 46.9 Å². The van der Waals surface area contributed by atoms with Crippen LogP contribution >= 0.6 is 23.2 Å². The molecule has 142 valence electrons. The molecule has 0 radical (unpaired) electrons.